The third kappa shape index (κ3) is 6.24. The van der Waals surface area contributed by atoms with Crippen molar-refractivity contribution in [2.45, 2.75) is 38.1 Å². The van der Waals surface area contributed by atoms with Crippen LogP contribution in [-0.2, 0) is 27.8 Å². The van der Waals surface area contributed by atoms with Gasteiger partial charge >= 0.3 is 0 Å². The molecule has 3 aromatic rings. The average molecular weight is 470 g/mol. The van der Waals surface area contributed by atoms with Gasteiger partial charge in [-0.3, -0.25) is 9.78 Å². The van der Waals surface area contributed by atoms with Gasteiger partial charge in [-0.25, -0.2) is 12.8 Å². The van der Waals surface area contributed by atoms with Gasteiger partial charge < -0.3 is 4.90 Å². The highest BCUT2D eigenvalue weighted by Crippen LogP contribution is 2.21. The van der Waals surface area contributed by atoms with Crippen molar-refractivity contribution in [2.75, 3.05) is 18.0 Å². The van der Waals surface area contributed by atoms with E-state index in [0.29, 0.717) is 25.2 Å². The van der Waals surface area contributed by atoms with Crippen LogP contribution in [0.5, 0.6) is 0 Å². The number of anilines is 1. The molecule has 0 aliphatic heterocycles. The van der Waals surface area contributed by atoms with Crippen LogP contribution in [0.15, 0.2) is 77.8 Å². The molecule has 1 amide bonds. The summed E-state index contributed by atoms with van der Waals surface area (Å²) in [6.07, 6.45) is 2.33. The van der Waals surface area contributed by atoms with Gasteiger partial charge in [-0.2, -0.15) is 4.31 Å². The first-order valence-corrected chi connectivity index (χ1v) is 12.3. The third-order valence-electron chi connectivity index (χ3n) is 5.38. The molecule has 0 fully saturated rings. The van der Waals surface area contributed by atoms with Crippen LogP contribution in [0.25, 0.3) is 0 Å². The number of benzene rings is 2. The maximum atomic E-state index is 13.4. The van der Waals surface area contributed by atoms with Crippen LogP contribution in [-0.4, -0.2) is 36.7 Å². The minimum atomic E-state index is -3.52. The molecule has 33 heavy (non-hydrogen) atoms. The van der Waals surface area contributed by atoms with E-state index in [1.165, 1.54) is 16.4 Å². The first kappa shape index (κ1) is 24.5. The number of hydrogen-bond acceptors (Lipinski definition) is 4. The van der Waals surface area contributed by atoms with Gasteiger partial charge in [-0.1, -0.05) is 32.0 Å². The fourth-order valence-electron chi connectivity index (χ4n) is 3.53. The highest BCUT2D eigenvalue weighted by molar-refractivity contribution is 7.89. The van der Waals surface area contributed by atoms with Gasteiger partial charge in [0.1, 0.15) is 5.82 Å². The fraction of sp³-hybridized carbons (Fsp3) is 0.280. The van der Waals surface area contributed by atoms with Crippen LogP contribution < -0.4 is 4.90 Å². The number of sulfonamides is 1. The molecule has 0 spiro atoms. The number of carbonyl (C=O) groups is 1. The Kier molecular flexibility index (Phi) is 8.30. The molecule has 0 aliphatic rings. The summed E-state index contributed by atoms with van der Waals surface area (Å²) in [5.41, 5.74) is 2.17. The zero-order valence-corrected chi connectivity index (χ0v) is 19.6. The lowest BCUT2D eigenvalue weighted by atomic mass is 10.1. The van der Waals surface area contributed by atoms with E-state index in [1.54, 1.807) is 67.4 Å². The zero-order valence-electron chi connectivity index (χ0n) is 18.8. The average Bonchev–Trinajstić information content (AvgIpc) is 2.83. The van der Waals surface area contributed by atoms with Gasteiger partial charge in [0.05, 0.1) is 17.1 Å². The summed E-state index contributed by atoms with van der Waals surface area (Å²) >= 11 is 0. The molecule has 6 nitrogen and oxygen atoms in total. The molecule has 0 saturated heterocycles. The molecule has 1 heterocycles. The second-order valence-corrected chi connectivity index (χ2v) is 9.45. The number of carbonyl (C=O) groups excluding carboxylic acids is 1. The molecule has 0 radical (unpaired) electrons. The lowest BCUT2D eigenvalue weighted by molar-refractivity contribution is -0.118. The van der Waals surface area contributed by atoms with Crippen LogP contribution in [0.4, 0.5) is 10.1 Å². The molecule has 0 unspecified atom stereocenters. The first-order valence-electron chi connectivity index (χ1n) is 10.9. The van der Waals surface area contributed by atoms with Gasteiger partial charge in [0.2, 0.25) is 15.9 Å². The van der Waals surface area contributed by atoms with E-state index >= 15 is 0 Å². The standard InChI is InChI=1S/C25H28FN3O3S/c1-3-28(4-2)33(31,32)24-15-8-20(9-16-24)10-17-25(30)29(19-22-7-5-6-18-27-22)23-13-11-21(26)12-14-23/h5-9,11-16,18H,3-4,10,17,19H2,1-2H3. The maximum Gasteiger partial charge on any atom is 0.243 e. The van der Waals surface area contributed by atoms with Crippen molar-refractivity contribution in [3.63, 3.8) is 0 Å². The summed E-state index contributed by atoms with van der Waals surface area (Å²) in [5.74, 6) is -0.504. The molecular weight excluding hydrogens is 441 g/mol. The van der Waals surface area contributed by atoms with Gasteiger partial charge in [0, 0.05) is 31.4 Å². The van der Waals surface area contributed by atoms with E-state index in [0.717, 1.165) is 11.3 Å². The Bertz CT molecular complexity index is 1150. The maximum absolute atomic E-state index is 13.4. The topological polar surface area (TPSA) is 70.6 Å². The van der Waals surface area contributed by atoms with E-state index in [-0.39, 0.29) is 29.6 Å². The van der Waals surface area contributed by atoms with Crippen molar-refractivity contribution >= 4 is 21.6 Å². The molecule has 2 aromatic carbocycles. The summed E-state index contributed by atoms with van der Waals surface area (Å²) in [5, 5.41) is 0. The second kappa shape index (κ2) is 11.2. The predicted octanol–water partition coefficient (Wildman–Crippen LogP) is 4.42. The van der Waals surface area contributed by atoms with Gasteiger partial charge in [0.15, 0.2) is 0 Å². The summed E-state index contributed by atoms with van der Waals surface area (Å²) in [6.45, 7) is 4.69. The monoisotopic (exact) mass is 469 g/mol. The van der Waals surface area contributed by atoms with Crippen LogP contribution in [0, 0.1) is 5.82 Å². The SMILES string of the molecule is CCN(CC)S(=O)(=O)c1ccc(CCC(=O)N(Cc2ccccn2)c2ccc(F)cc2)cc1. The molecular formula is C25H28FN3O3S. The number of nitrogens with zero attached hydrogens (tertiary/aromatic N) is 3. The summed E-state index contributed by atoms with van der Waals surface area (Å²) in [6, 6.07) is 17.9. The van der Waals surface area contributed by atoms with E-state index in [1.807, 2.05) is 12.1 Å². The van der Waals surface area contributed by atoms with Gasteiger partial charge in [0.25, 0.3) is 0 Å². The van der Waals surface area contributed by atoms with Crippen molar-refractivity contribution in [3.8, 4) is 0 Å². The largest absolute Gasteiger partial charge is 0.306 e. The minimum absolute atomic E-state index is 0.132. The van der Waals surface area contributed by atoms with E-state index in [9.17, 15) is 17.6 Å². The highest BCUT2D eigenvalue weighted by Gasteiger charge is 2.21. The molecule has 0 N–H and O–H groups in total. The van der Waals surface area contributed by atoms with Crippen LogP contribution in [0.2, 0.25) is 0 Å². The normalized spacial score (nSPS) is 11.5. The molecule has 3 rings (SSSR count). The Morgan fingerprint density at radius 2 is 1.61 bits per heavy atom. The van der Waals surface area contributed by atoms with E-state index < -0.39 is 10.0 Å². The Hall–Kier alpha value is -3.10. The molecule has 8 heteroatoms. The molecule has 1 aromatic heterocycles. The number of amides is 1. The number of pyridine rings is 1. The van der Waals surface area contributed by atoms with Crippen molar-refractivity contribution in [1.82, 2.24) is 9.29 Å². The number of aryl methyl sites for hydroxylation is 1. The Morgan fingerprint density at radius 3 is 2.18 bits per heavy atom. The van der Waals surface area contributed by atoms with E-state index in [2.05, 4.69) is 4.98 Å². The molecule has 0 atom stereocenters. The lowest BCUT2D eigenvalue weighted by Crippen LogP contribution is -2.31. The van der Waals surface area contributed by atoms with Crippen LogP contribution in [0.3, 0.4) is 0 Å². The number of aromatic nitrogens is 1. The van der Waals surface area contributed by atoms with Crippen LogP contribution in [0.1, 0.15) is 31.5 Å². The van der Waals surface area contributed by atoms with Crippen molar-refractivity contribution in [2.24, 2.45) is 0 Å². The van der Waals surface area contributed by atoms with Crippen molar-refractivity contribution in [1.29, 1.82) is 0 Å². The predicted molar refractivity (Wildman–Crippen MR) is 127 cm³/mol. The summed E-state index contributed by atoms with van der Waals surface area (Å²) in [4.78, 5) is 19.2. The van der Waals surface area contributed by atoms with Gasteiger partial charge in [-0.05, 0) is 60.5 Å². The minimum Gasteiger partial charge on any atom is -0.306 e. The van der Waals surface area contributed by atoms with Crippen molar-refractivity contribution < 1.29 is 17.6 Å². The smallest absolute Gasteiger partial charge is 0.243 e. The second-order valence-electron chi connectivity index (χ2n) is 7.51. The van der Waals surface area contributed by atoms with Crippen LogP contribution >= 0.6 is 0 Å². The quantitative estimate of drug-likeness (QED) is 0.441. The Labute approximate surface area is 194 Å². The Balaban J connectivity index is 1.72. The summed E-state index contributed by atoms with van der Waals surface area (Å²) < 4.78 is 40.1. The van der Waals surface area contributed by atoms with Crippen molar-refractivity contribution in [3.05, 3.63) is 90.0 Å². The lowest BCUT2D eigenvalue weighted by Gasteiger charge is -2.23. The molecule has 174 valence electrons. The Morgan fingerprint density at radius 1 is 0.939 bits per heavy atom. The molecule has 0 bridgehead atoms. The molecule has 0 aliphatic carbocycles. The third-order valence-corrected chi connectivity index (χ3v) is 7.44. The van der Waals surface area contributed by atoms with Gasteiger partial charge in [-0.15, -0.1) is 0 Å². The highest BCUT2D eigenvalue weighted by atomic mass is 32.2. The molecule has 0 saturated carbocycles. The first-order chi connectivity index (χ1) is 15.8. The number of halogens is 1. The van der Waals surface area contributed by atoms with E-state index in [4.69, 9.17) is 0 Å². The number of rotatable bonds is 10. The summed E-state index contributed by atoms with van der Waals surface area (Å²) in [7, 11) is -3.52. The number of hydrogen-bond donors (Lipinski definition) is 0. The fourth-order valence-corrected chi connectivity index (χ4v) is 4.98. The zero-order chi connectivity index (χ0) is 23.8.